The fourth-order valence-electron chi connectivity index (χ4n) is 4.21. The Balaban J connectivity index is 1.61. The summed E-state index contributed by atoms with van der Waals surface area (Å²) in [6.45, 7) is 3.83. The van der Waals surface area contributed by atoms with Crippen molar-refractivity contribution in [2.75, 3.05) is 26.2 Å². The molecule has 0 unspecified atom stereocenters. The molecule has 2 atom stereocenters. The van der Waals surface area contributed by atoms with Gasteiger partial charge in [0.15, 0.2) is 0 Å². The number of nitrogens with zero attached hydrogens (tertiary/aromatic N) is 2. The van der Waals surface area contributed by atoms with E-state index in [4.69, 9.17) is 22.1 Å². The van der Waals surface area contributed by atoms with Gasteiger partial charge < -0.3 is 20.3 Å². The standard InChI is InChI=1S/C21H28ClN3O4/c1-14(26)24-9-6-15(7-10-24)21(28)25-11-8-19(16(13-25)12-20(23)27)29-18-4-2-17(22)3-5-18/h2-5,15-16,19H,6-13H2,1H3,(H2,23,27)/t16-,19-/m0/s1. The van der Waals surface area contributed by atoms with Crippen LogP contribution in [-0.4, -0.2) is 59.8 Å². The second kappa shape index (κ2) is 9.48. The van der Waals surface area contributed by atoms with Crippen LogP contribution in [0.5, 0.6) is 5.75 Å². The monoisotopic (exact) mass is 421 g/mol. The highest BCUT2D eigenvalue weighted by atomic mass is 35.5. The smallest absolute Gasteiger partial charge is 0.225 e. The molecule has 2 N–H and O–H groups in total. The lowest BCUT2D eigenvalue weighted by atomic mass is 9.88. The molecule has 1 aromatic carbocycles. The van der Waals surface area contributed by atoms with Crippen molar-refractivity contribution < 1.29 is 19.1 Å². The van der Waals surface area contributed by atoms with E-state index in [2.05, 4.69) is 0 Å². The molecule has 0 spiro atoms. The topological polar surface area (TPSA) is 92.9 Å². The molecule has 2 saturated heterocycles. The lowest BCUT2D eigenvalue weighted by molar-refractivity contribution is -0.143. The zero-order chi connectivity index (χ0) is 21.0. The van der Waals surface area contributed by atoms with Gasteiger partial charge in [0.2, 0.25) is 17.7 Å². The van der Waals surface area contributed by atoms with Gasteiger partial charge in [0.25, 0.3) is 0 Å². The molecular formula is C21H28ClN3O4. The van der Waals surface area contributed by atoms with Crippen LogP contribution in [-0.2, 0) is 14.4 Å². The van der Waals surface area contributed by atoms with Crippen molar-refractivity contribution in [3.05, 3.63) is 29.3 Å². The van der Waals surface area contributed by atoms with Crippen molar-refractivity contribution in [1.82, 2.24) is 9.80 Å². The van der Waals surface area contributed by atoms with Gasteiger partial charge in [-0.15, -0.1) is 0 Å². The number of carbonyl (C=O) groups is 3. The van der Waals surface area contributed by atoms with E-state index >= 15 is 0 Å². The van der Waals surface area contributed by atoms with Gasteiger partial charge in [-0.2, -0.15) is 0 Å². The summed E-state index contributed by atoms with van der Waals surface area (Å²) < 4.78 is 6.09. The van der Waals surface area contributed by atoms with Crippen molar-refractivity contribution in [1.29, 1.82) is 0 Å². The molecule has 8 heteroatoms. The van der Waals surface area contributed by atoms with Crippen molar-refractivity contribution in [2.24, 2.45) is 17.6 Å². The van der Waals surface area contributed by atoms with Crippen LogP contribution < -0.4 is 10.5 Å². The largest absolute Gasteiger partial charge is 0.490 e. The number of nitrogens with two attached hydrogens (primary N) is 1. The minimum absolute atomic E-state index is 0.0533. The van der Waals surface area contributed by atoms with Crippen LogP contribution in [0.15, 0.2) is 24.3 Å². The molecule has 0 saturated carbocycles. The third-order valence-electron chi connectivity index (χ3n) is 5.83. The first-order valence-electron chi connectivity index (χ1n) is 10.1. The van der Waals surface area contributed by atoms with Crippen LogP contribution in [0.1, 0.15) is 32.6 Å². The predicted octanol–water partition coefficient (Wildman–Crippen LogP) is 2.07. The fraction of sp³-hybridized carbons (Fsp3) is 0.571. The molecule has 2 heterocycles. The van der Waals surface area contributed by atoms with E-state index in [1.807, 2.05) is 4.90 Å². The predicted molar refractivity (Wildman–Crippen MR) is 109 cm³/mol. The molecule has 0 radical (unpaired) electrons. The van der Waals surface area contributed by atoms with Gasteiger partial charge in [0.05, 0.1) is 0 Å². The van der Waals surface area contributed by atoms with Crippen LogP contribution in [0, 0.1) is 11.8 Å². The number of rotatable bonds is 5. The van der Waals surface area contributed by atoms with E-state index in [0.29, 0.717) is 56.2 Å². The third-order valence-corrected chi connectivity index (χ3v) is 6.08. The average Bonchev–Trinajstić information content (AvgIpc) is 2.70. The molecule has 2 aliphatic rings. The summed E-state index contributed by atoms with van der Waals surface area (Å²) in [7, 11) is 0. The Morgan fingerprint density at radius 2 is 1.69 bits per heavy atom. The third kappa shape index (κ3) is 5.63. The van der Waals surface area contributed by atoms with Gasteiger partial charge in [-0.25, -0.2) is 0 Å². The molecule has 158 valence electrons. The second-order valence-corrected chi connectivity index (χ2v) is 8.33. The van der Waals surface area contributed by atoms with Gasteiger partial charge in [0.1, 0.15) is 11.9 Å². The Morgan fingerprint density at radius 1 is 1.07 bits per heavy atom. The number of hydrogen-bond acceptors (Lipinski definition) is 4. The summed E-state index contributed by atoms with van der Waals surface area (Å²) in [5.74, 6) is 0.214. The van der Waals surface area contributed by atoms with Gasteiger partial charge in [-0.05, 0) is 37.1 Å². The SMILES string of the molecule is CC(=O)N1CCC(C(=O)N2CC[C@H](Oc3ccc(Cl)cc3)[C@@H](CC(N)=O)C2)CC1. The highest BCUT2D eigenvalue weighted by molar-refractivity contribution is 6.30. The maximum atomic E-state index is 13.0. The Kier molecular flexibility index (Phi) is 7.00. The zero-order valence-corrected chi connectivity index (χ0v) is 17.4. The molecule has 3 rings (SSSR count). The highest BCUT2D eigenvalue weighted by Gasteiger charge is 2.37. The zero-order valence-electron chi connectivity index (χ0n) is 16.7. The summed E-state index contributed by atoms with van der Waals surface area (Å²) in [5, 5.41) is 0.627. The lowest BCUT2D eigenvalue weighted by Gasteiger charge is -2.40. The molecule has 2 fully saturated rings. The van der Waals surface area contributed by atoms with E-state index in [0.717, 1.165) is 0 Å². The minimum atomic E-state index is -0.399. The number of carbonyl (C=O) groups excluding carboxylic acids is 3. The summed E-state index contributed by atoms with van der Waals surface area (Å²) >= 11 is 5.92. The van der Waals surface area contributed by atoms with Gasteiger partial charge in [0, 0.05) is 62.8 Å². The van der Waals surface area contributed by atoms with Crippen LogP contribution in [0.3, 0.4) is 0 Å². The van der Waals surface area contributed by atoms with Gasteiger partial charge in [-0.3, -0.25) is 14.4 Å². The summed E-state index contributed by atoms with van der Waals surface area (Å²) in [6, 6.07) is 7.10. The van der Waals surface area contributed by atoms with Gasteiger partial charge >= 0.3 is 0 Å². The molecule has 1 aromatic rings. The van der Waals surface area contributed by atoms with Crippen LogP contribution >= 0.6 is 11.6 Å². The minimum Gasteiger partial charge on any atom is -0.490 e. The first kappa shape index (κ1) is 21.4. The van der Waals surface area contributed by atoms with E-state index < -0.39 is 5.91 Å². The molecule has 0 bridgehead atoms. The molecule has 0 aliphatic carbocycles. The van der Waals surface area contributed by atoms with Gasteiger partial charge in [-0.1, -0.05) is 11.6 Å². The normalized spacial score (nSPS) is 23.0. The first-order valence-corrected chi connectivity index (χ1v) is 10.5. The lowest BCUT2D eigenvalue weighted by Crippen LogP contribution is -2.51. The highest BCUT2D eigenvalue weighted by Crippen LogP contribution is 2.29. The number of ether oxygens (including phenoxy) is 1. The molecule has 3 amide bonds. The van der Waals surface area contributed by atoms with E-state index in [1.54, 1.807) is 36.1 Å². The maximum Gasteiger partial charge on any atom is 0.225 e. The Morgan fingerprint density at radius 3 is 2.28 bits per heavy atom. The molecule has 7 nitrogen and oxygen atoms in total. The quantitative estimate of drug-likeness (QED) is 0.787. The Bertz CT molecular complexity index is 747. The molecule has 29 heavy (non-hydrogen) atoms. The first-order chi connectivity index (χ1) is 13.8. The van der Waals surface area contributed by atoms with Crippen LogP contribution in [0.25, 0.3) is 0 Å². The molecular weight excluding hydrogens is 394 g/mol. The number of primary amides is 1. The van der Waals surface area contributed by atoms with Crippen molar-refractivity contribution >= 4 is 29.3 Å². The number of likely N-dealkylation sites (tertiary alicyclic amines) is 2. The van der Waals surface area contributed by atoms with E-state index in [-0.39, 0.29) is 36.2 Å². The fourth-order valence-corrected chi connectivity index (χ4v) is 4.33. The van der Waals surface area contributed by atoms with Crippen molar-refractivity contribution in [3.8, 4) is 5.75 Å². The maximum absolute atomic E-state index is 13.0. The van der Waals surface area contributed by atoms with E-state index in [1.165, 1.54) is 0 Å². The van der Waals surface area contributed by atoms with Crippen molar-refractivity contribution in [2.45, 2.75) is 38.7 Å². The Hall–Kier alpha value is -2.28. The number of benzene rings is 1. The molecule has 2 aliphatic heterocycles. The van der Waals surface area contributed by atoms with Crippen LogP contribution in [0.4, 0.5) is 0 Å². The summed E-state index contributed by atoms with van der Waals surface area (Å²) in [4.78, 5) is 39.7. The van der Waals surface area contributed by atoms with E-state index in [9.17, 15) is 14.4 Å². The summed E-state index contributed by atoms with van der Waals surface area (Å²) in [6.07, 6.45) is 1.98. The second-order valence-electron chi connectivity index (χ2n) is 7.89. The summed E-state index contributed by atoms with van der Waals surface area (Å²) in [5.41, 5.74) is 5.45. The Labute approximate surface area is 176 Å². The number of amides is 3. The number of halogens is 1. The van der Waals surface area contributed by atoms with Crippen LogP contribution in [0.2, 0.25) is 5.02 Å². The van der Waals surface area contributed by atoms with Crippen molar-refractivity contribution in [3.63, 3.8) is 0 Å². The average molecular weight is 422 g/mol. The number of piperidine rings is 2. The molecule has 0 aromatic heterocycles. The number of hydrogen-bond donors (Lipinski definition) is 1.